The van der Waals surface area contributed by atoms with E-state index in [0.29, 0.717) is 0 Å². The smallest absolute Gasteiger partial charge is 0.269 e. The number of nitro groups is 1. The lowest BCUT2D eigenvalue weighted by molar-refractivity contribution is -0.384. The molecule has 94 valence electrons. The predicted octanol–water partition coefficient (Wildman–Crippen LogP) is 2.74. The number of rotatable bonds is 3. The van der Waals surface area contributed by atoms with Gasteiger partial charge in [0.2, 0.25) is 0 Å². The monoisotopic (exact) mass is 257 g/mol. The molecule has 0 fully saturated rings. The van der Waals surface area contributed by atoms with Crippen molar-refractivity contribution in [3.63, 3.8) is 0 Å². The second kappa shape index (κ2) is 6.20. The van der Waals surface area contributed by atoms with E-state index in [2.05, 4.69) is 10.5 Å². The third-order valence-corrected chi connectivity index (χ3v) is 1.72. The van der Waals surface area contributed by atoms with Crippen LogP contribution in [-0.2, 0) is 0 Å². The Labute approximate surface area is 106 Å². The molecule has 0 aliphatic carbocycles. The van der Waals surface area contributed by atoms with Crippen LogP contribution in [0.5, 0.6) is 0 Å². The normalized spacial score (nSPS) is 11.0. The van der Waals surface area contributed by atoms with Gasteiger partial charge in [-0.15, -0.1) is 12.4 Å². The van der Waals surface area contributed by atoms with E-state index in [0.717, 1.165) is 5.56 Å². The lowest BCUT2D eigenvalue weighted by Gasteiger charge is -2.16. The van der Waals surface area contributed by atoms with Gasteiger partial charge in [-0.3, -0.25) is 10.1 Å². The average Bonchev–Trinajstić information content (AvgIpc) is 2.16. The van der Waals surface area contributed by atoms with Gasteiger partial charge in [0.05, 0.1) is 11.1 Å². The molecule has 0 aliphatic rings. The number of halogens is 1. The van der Waals surface area contributed by atoms with Gasteiger partial charge in [0.15, 0.2) is 0 Å². The molecule has 0 radical (unpaired) electrons. The minimum atomic E-state index is -0.422. The molecular weight excluding hydrogens is 242 g/mol. The molecule has 0 saturated carbocycles. The largest absolute Gasteiger partial charge is 0.305 e. The van der Waals surface area contributed by atoms with Crippen molar-refractivity contribution in [3.8, 4) is 0 Å². The van der Waals surface area contributed by atoms with Crippen molar-refractivity contribution in [3.05, 3.63) is 39.9 Å². The summed E-state index contributed by atoms with van der Waals surface area (Å²) in [5.74, 6) is 0. The number of non-ortho nitro benzene ring substituents is 1. The number of hydrogen-bond acceptors (Lipinski definition) is 4. The lowest BCUT2D eigenvalue weighted by atomic mass is 10.1. The second-order valence-corrected chi connectivity index (χ2v) is 4.47. The maximum Gasteiger partial charge on any atom is 0.269 e. The highest BCUT2D eigenvalue weighted by Crippen LogP contribution is 2.10. The number of nitrogens with zero attached hydrogens (tertiary/aromatic N) is 2. The Morgan fingerprint density at radius 1 is 1.29 bits per heavy atom. The van der Waals surface area contributed by atoms with Crippen molar-refractivity contribution in [2.24, 2.45) is 5.10 Å². The van der Waals surface area contributed by atoms with Crippen LogP contribution in [0.15, 0.2) is 29.4 Å². The van der Waals surface area contributed by atoms with E-state index in [-0.39, 0.29) is 23.6 Å². The molecule has 17 heavy (non-hydrogen) atoms. The zero-order valence-electron chi connectivity index (χ0n) is 10.0. The zero-order chi connectivity index (χ0) is 12.2. The number of hydrazone groups is 1. The Bertz CT molecular complexity index is 396. The fourth-order valence-corrected chi connectivity index (χ4v) is 0.983. The standard InChI is InChI=1S/C11H15N3O2.ClH/c1-11(2,3)13-12-8-9-4-6-10(7-5-9)14(15)16;/h4-8,13H,1-3H3;1H/b12-8+;. The van der Waals surface area contributed by atoms with Crippen LogP contribution in [0.1, 0.15) is 26.3 Å². The van der Waals surface area contributed by atoms with E-state index < -0.39 is 4.92 Å². The van der Waals surface area contributed by atoms with Gasteiger partial charge in [-0.1, -0.05) is 0 Å². The highest BCUT2D eigenvalue weighted by molar-refractivity contribution is 5.85. The molecule has 1 aromatic carbocycles. The van der Waals surface area contributed by atoms with E-state index in [4.69, 9.17) is 0 Å². The number of nitro benzene ring substituents is 1. The van der Waals surface area contributed by atoms with Gasteiger partial charge in [0, 0.05) is 17.7 Å². The Hall–Kier alpha value is -1.62. The summed E-state index contributed by atoms with van der Waals surface area (Å²) in [5.41, 5.74) is 3.76. The first-order valence-corrected chi connectivity index (χ1v) is 4.93. The second-order valence-electron chi connectivity index (χ2n) is 4.47. The Balaban J connectivity index is 0.00000256. The first-order valence-electron chi connectivity index (χ1n) is 4.93. The number of hydrogen-bond donors (Lipinski definition) is 1. The van der Waals surface area contributed by atoms with Crippen LogP contribution in [0, 0.1) is 10.1 Å². The van der Waals surface area contributed by atoms with Crippen LogP contribution in [0.2, 0.25) is 0 Å². The molecule has 0 amide bonds. The van der Waals surface area contributed by atoms with Crippen molar-refractivity contribution < 1.29 is 4.92 Å². The van der Waals surface area contributed by atoms with E-state index in [1.165, 1.54) is 12.1 Å². The van der Waals surface area contributed by atoms with Gasteiger partial charge in [0.25, 0.3) is 5.69 Å². The van der Waals surface area contributed by atoms with Crippen LogP contribution in [0.3, 0.4) is 0 Å². The molecule has 0 spiro atoms. The summed E-state index contributed by atoms with van der Waals surface area (Å²) in [7, 11) is 0. The maximum atomic E-state index is 10.4. The summed E-state index contributed by atoms with van der Waals surface area (Å²) in [6.07, 6.45) is 1.63. The molecule has 0 atom stereocenters. The molecule has 0 bridgehead atoms. The van der Waals surface area contributed by atoms with Gasteiger partial charge < -0.3 is 5.43 Å². The molecule has 1 N–H and O–H groups in total. The molecule has 1 aromatic rings. The molecular formula is C11H16ClN3O2. The van der Waals surface area contributed by atoms with Crippen molar-refractivity contribution in [1.82, 2.24) is 5.43 Å². The quantitative estimate of drug-likeness (QED) is 0.514. The predicted molar refractivity (Wildman–Crippen MR) is 70.8 cm³/mol. The first-order chi connectivity index (χ1) is 7.38. The first kappa shape index (κ1) is 15.4. The van der Waals surface area contributed by atoms with Gasteiger partial charge in [0.1, 0.15) is 0 Å². The van der Waals surface area contributed by atoms with Gasteiger partial charge in [-0.05, 0) is 38.5 Å². The van der Waals surface area contributed by atoms with Gasteiger partial charge in [-0.25, -0.2) is 0 Å². The summed E-state index contributed by atoms with van der Waals surface area (Å²) < 4.78 is 0. The Kier molecular flexibility index (Phi) is 5.61. The zero-order valence-corrected chi connectivity index (χ0v) is 10.8. The SMILES string of the molecule is CC(C)(C)N/N=C/c1ccc([N+](=O)[O-])cc1.Cl. The molecule has 5 nitrogen and oxygen atoms in total. The molecule has 0 saturated heterocycles. The van der Waals surface area contributed by atoms with Crippen LogP contribution in [0.4, 0.5) is 5.69 Å². The third kappa shape index (κ3) is 5.87. The van der Waals surface area contributed by atoms with Crippen molar-refractivity contribution in [2.45, 2.75) is 26.3 Å². The molecule has 6 heteroatoms. The van der Waals surface area contributed by atoms with Crippen LogP contribution in [0.25, 0.3) is 0 Å². The van der Waals surface area contributed by atoms with Crippen LogP contribution in [-0.4, -0.2) is 16.7 Å². The summed E-state index contributed by atoms with van der Waals surface area (Å²) in [6.45, 7) is 6.00. The van der Waals surface area contributed by atoms with E-state index >= 15 is 0 Å². The molecule has 0 unspecified atom stereocenters. The van der Waals surface area contributed by atoms with Crippen molar-refractivity contribution in [2.75, 3.05) is 0 Å². The summed E-state index contributed by atoms with van der Waals surface area (Å²) in [6, 6.07) is 6.23. The minimum absolute atomic E-state index is 0. The molecule has 0 heterocycles. The van der Waals surface area contributed by atoms with E-state index in [1.54, 1.807) is 18.3 Å². The number of nitrogens with one attached hydrogen (secondary N) is 1. The van der Waals surface area contributed by atoms with Crippen molar-refractivity contribution >= 4 is 24.3 Å². The lowest BCUT2D eigenvalue weighted by Crippen LogP contribution is -2.31. The maximum absolute atomic E-state index is 10.4. The fourth-order valence-electron chi connectivity index (χ4n) is 0.983. The summed E-state index contributed by atoms with van der Waals surface area (Å²) in [5, 5.41) is 14.5. The van der Waals surface area contributed by atoms with Crippen LogP contribution >= 0.6 is 12.4 Å². The minimum Gasteiger partial charge on any atom is -0.305 e. The van der Waals surface area contributed by atoms with E-state index in [9.17, 15) is 10.1 Å². The Morgan fingerprint density at radius 3 is 2.24 bits per heavy atom. The third-order valence-electron chi connectivity index (χ3n) is 1.72. The molecule has 0 aromatic heterocycles. The highest BCUT2D eigenvalue weighted by atomic mass is 35.5. The molecule has 0 aliphatic heterocycles. The van der Waals surface area contributed by atoms with Gasteiger partial charge in [-0.2, -0.15) is 5.10 Å². The molecule has 1 rings (SSSR count). The highest BCUT2D eigenvalue weighted by Gasteiger charge is 2.06. The Morgan fingerprint density at radius 2 is 1.82 bits per heavy atom. The van der Waals surface area contributed by atoms with Crippen molar-refractivity contribution in [1.29, 1.82) is 0 Å². The average molecular weight is 258 g/mol. The topological polar surface area (TPSA) is 67.5 Å². The summed E-state index contributed by atoms with van der Waals surface area (Å²) in [4.78, 5) is 10.00. The summed E-state index contributed by atoms with van der Waals surface area (Å²) >= 11 is 0. The van der Waals surface area contributed by atoms with Gasteiger partial charge >= 0.3 is 0 Å². The van der Waals surface area contributed by atoms with E-state index in [1.807, 2.05) is 20.8 Å². The fraction of sp³-hybridized carbons (Fsp3) is 0.364. The van der Waals surface area contributed by atoms with Crippen LogP contribution < -0.4 is 5.43 Å². The number of benzene rings is 1.